The Kier molecular flexibility index (Phi) is 10.3. The Balaban J connectivity index is 1.47. The molecule has 4 rings (SSSR count). The second kappa shape index (κ2) is 13.7. The van der Waals surface area contributed by atoms with Gasteiger partial charge in [0.25, 0.3) is 0 Å². The van der Waals surface area contributed by atoms with Crippen LogP contribution >= 0.6 is 0 Å². The van der Waals surface area contributed by atoms with Gasteiger partial charge in [-0.25, -0.2) is 0 Å². The van der Waals surface area contributed by atoms with Gasteiger partial charge in [-0.1, -0.05) is 94.4 Å². The topological polar surface area (TPSA) is 76.0 Å². The van der Waals surface area contributed by atoms with Crippen molar-refractivity contribution in [2.24, 2.45) is 5.41 Å². The van der Waals surface area contributed by atoms with Gasteiger partial charge in [0.1, 0.15) is 30.8 Å². The molecule has 0 saturated carbocycles. The number of benzene rings is 4. The molecular weight excluding hydrogens is 536 g/mol. The Bertz CT molecular complexity index is 1550. The zero-order chi connectivity index (χ0) is 31.2. The zero-order valence-electron chi connectivity index (χ0n) is 26.4. The Hall–Kier alpha value is -3.67. The molecule has 0 spiro atoms. The number of carbonyl (C=O) groups excluding carboxylic acids is 1. The Morgan fingerprint density at radius 2 is 1.37 bits per heavy atom. The van der Waals surface area contributed by atoms with E-state index in [4.69, 9.17) is 14.6 Å². The predicted octanol–water partition coefficient (Wildman–Crippen LogP) is 7.51. The molecule has 0 radical (unpaired) electrons. The second-order valence-electron chi connectivity index (χ2n) is 12.4. The van der Waals surface area contributed by atoms with Crippen LogP contribution in [-0.2, 0) is 16.6 Å². The summed E-state index contributed by atoms with van der Waals surface area (Å²) in [5.41, 5.74) is 4.77. The molecular formula is C38H46O5. The molecule has 0 aliphatic carbocycles. The fourth-order valence-corrected chi connectivity index (χ4v) is 5.99. The number of fused-ring (bicyclic) bond motifs is 1. The summed E-state index contributed by atoms with van der Waals surface area (Å²) in [7, 11) is 0. The van der Waals surface area contributed by atoms with Gasteiger partial charge < -0.3 is 19.7 Å². The number of aliphatic hydroxyl groups excluding tert-OH is 2. The third-order valence-electron chi connectivity index (χ3n) is 8.88. The monoisotopic (exact) mass is 582 g/mol. The number of aryl methyl sites for hydroxylation is 2. The molecule has 5 heteroatoms. The van der Waals surface area contributed by atoms with Crippen LogP contribution in [0, 0.1) is 19.3 Å². The van der Waals surface area contributed by atoms with Gasteiger partial charge in [0.2, 0.25) is 0 Å². The maximum atomic E-state index is 13.3. The fourth-order valence-electron chi connectivity index (χ4n) is 5.99. The molecule has 0 bridgehead atoms. The molecule has 0 saturated heterocycles. The van der Waals surface area contributed by atoms with Crippen molar-refractivity contribution in [1.82, 2.24) is 0 Å². The van der Waals surface area contributed by atoms with Crippen LogP contribution in [0.25, 0.3) is 10.8 Å². The number of hydrogen-bond donors (Lipinski definition) is 2. The summed E-state index contributed by atoms with van der Waals surface area (Å²) in [6.45, 7) is 12.2. The lowest BCUT2D eigenvalue weighted by atomic mass is 9.70. The summed E-state index contributed by atoms with van der Waals surface area (Å²) >= 11 is 0. The van der Waals surface area contributed by atoms with E-state index in [-0.39, 0.29) is 31.0 Å². The molecule has 0 aliphatic rings. The number of aliphatic hydroxyl groups is 2. The van der Waals surface area contributed by atoms with E-state index in [1.54, 1.807) is 0 Å². The van der Waals surface area contributed by atoms with Crippen LogP contribution in [0.3, 0.4) is 0 Å². The van der Waals surface area contributed by atoms with E-state index in [9.17, 15) is 9.90 Å². The molecule has 1 atom stereocenters. The van der Waals surface area contributed by atoms with Crippen molar-refractivity contribution in [3.63, 3.8) is 0 Å². The van der Waals surface area contributed by atoms with Crippen molar-refractivity contribution in [3.8, 4) is 11.5 Å². The normalized spacial score (nSPS) is 12.7. The number of hydrogen-bond acceptors (Lipinski definition) is 5. The quantitative estimate of drug-likeness (QED) is 0.161. The van der Waals surface area contributed by atoms with Gasteiger partial charge >= 0.3 is 0 Å². The Morgan fingerprint density at radius 1 is 0.791 bits per heavy atom. The number of rotatable bonds is 14. The first-order valence-corrected chi connectivity index (χ1v) is 15.3. The highest BCUT2D eigenvalue weighted by Gasteiger charge is 2.32. The minimum atomic E-state index is -0.904. The molecule has 0 fully saturated rings. The summed E-state index contributed by atoms with van der Waals surface area (Å²) in [5, 5.41) is 21.1. The van der Waals surface area contributed by atoms with Crippen molar-refractivity contribution in [3.05, 3.63) is 107 Å². The first-order valence-electron chi connectivity index (χ1n) is 15.3. The van der Waals surface area contributed by atoms with Gasteiger partial charge in [-0.05, 0) is 83.8 Å². The van der Waals surface area contributed by atoms with Crippen molar-refractivity contribution >= 4 is 16.6 Å². The summed E-state index contributed by atoms with van der Waals surface area (Å²) in [6, 6.07) is 27.2. The highest BCUT2D eigenvalue weighted by Crippen LogP contribution is 2.41. The molecule has 4 aromatic rings. The third kappa shape index (κ3) is 7.29. The zero-order valence-corrected chi connectivity index (χ0v) is 26.4. The lowest BCUT2D eigenvalue weighted by molar-refractivity contribution is -0.129. The van der Waals surface area contributed by atoms with Crippen LogP contribution in [0.5, 0.6) is 11.5 Å². The fraction of sp³-hybridized carbons (Fsp3) is 0.395. The minimum absolute atomic E-state index is 0.0269. The second-order valence-corrected chi connectivity index (χ2v) is 12.4. The van der Waals surface area contributed by atoms with E-state index in [0.717, 1.165) is 35.3 Å². The van der Waals surface area contributed by atoms with Gasteiger partial charge in [0.05, 0.1) is 6.61 Å². The van der Waals surface area contributed by atoms with Crippen LogP contribution in [-0.4, -0.2) is 41.9 Å². The average molecular weight is 583 g/mol. The van der Waals surface area contributed by atoms with Gasteiger partial charge in [-0.15, -0.1) is 0 Å². The highest BCUT2D eigenvalue weighted by molar-refractivity contribution is 5.86. The largest absolute Gasteiger partial charge is 0.491 e. The van der Waals surface area contributed by atoms with Crippen molar-refractivity contribution in [2.75, 3.05) is 19.8 Å². The smallest absolute Gasteiger partial charge is 0.176 e. The maximum Gasteiger partial charge on any atom is 0.176 e. The van der Waals surface area contributed by atoms with Gasteiger partial charge in [-0.3, -0.25) is 4.79 Å². The molecule has 2 N–H and O–H groups in total. The number of ether oxygens (including phenoxy) is 2. The molecule has 228 valence electrons. The lowest BCUT2D eigenvalue weighted by Gasteiger charge is -2.34. The van der Waals surface area contributed by atoms with E-state index < -0.39 is 11.5 Å². The number of ketones is 1. The van der Waals surface area contributed by atoms with Crippen molar-refractivity contribution in [2.45, 2.75) is 72.3 Å². The molecule has 0 aromatic heterocycles. The predicted molar refractivity (Wildman–Crippen MR) is 174 cm³/mol. The standard InChI is InChI=1S/C38H46O5/c1-7-38(8-2,31-15-17-34(26(3)19-31)42-24-33(40)23-39)32-16-18-35(27(4)20-32)43-25-36(41)37(5,6)22-28-13-14-29-11-9-10-12-30(29)21-28/h9-21,33,39-40H,7-8,22-25H2,1-6H3/t33-/m0/s1. The SMILES string of the molecule is CCC(CC)(c1ccc(OCC(=O)C(C)(C)Cc2ccc3ccccc3c2)c(C)c1)c1ccc(OC[C@@H](O)CO)c(C)c1. The minimum Gasteiger partial charge on any atom is -0.491 e. The molecule has 5 nitrogen and oxygen atoms in total. The number of carbonyl (C=O) groups is 1. The van der Waals surface area contributed by atoms with E-state index in [1.165, 1.54) is 21.9 Å². The highest BCUT2D eigenvalue weighted by atomic mass is 16.5. The van der Waals surface area contributed by atoms with Crippen LogP contribution < -0.4 is 9.47 Å². The first-order chi connectivity index (χ1) is 20.5. The Labute approximate surface area is 256 Å². The molecule has 0 unspecified atom stereocenters. The summed E-state index contributed by atoms with van der Waals surface area (Å²) in [6.07, 6.45) is 1.57. The summed E-state index contributed by atoms with van der Waals surface area (Å²) < 4.78 is 11.9. The van der Waals surface area contributed by atoms with Gasteiger partial charge in [0, 0.05) is 10.8 Å². The van der Waals surface area contributed by atoms with Crippen molar-refractivity contribution in [1.29, 1.82) is 0 Å². The molecule has 0 heterocycles. The average Bonchev–Trinajstić information content (AvgIpc) is 3.00. The molecule has 0 amide bonds. The van der Waals surface area contributed by atoms with Crippen LogP contribution in [0.2, 0.25) is 0 Å². The van der Waals surface area contributed by atoms with E-state index in [1.807, 2.05) is 52.0 Å². The molecule has 43 heavy (non-hydrogen) atoms. The summed E-state index contributed by atoms with van der Waals surface area (Å²) in [5.74, 6) is 1.50. The first kappa shape index (κ1) is 32.2. The van der Waals surface area contributed by atoms with E-state index in [2.05, 4.69) is 68.4 Å². The summed E-state index contributed by atoms with van der Waals surface area (Å²) in [4.78, 5) is 13.3. The molecule has 4 aromatic carbocycles. The third-order valence-corrected chi connectivity index (χ3v) is 8.88. The number of Topliss-reactive ketones (excluding diaryl/α,β-unsaturated/α-hetero) is 1. The van der Waals surface area contributed by atoms with Gasteiger partial charge in [-0.2, -0.15) is 0 Å². The van der Waals surface area contributed by atoms with E-state index >= 15 is 0 Å². The van der Waals surface area contributed by atoms with Crippen LogP contribution in [0.15, 0.2) is 78.9 Å². The molecule has 0 aliphatic heterocycles. The van der Waals surface area contributed by atoms with Gasteiger partial charge in [0.15, 0.2) is 5.78 Å². The van der Waals surface area contributed by atoms with Crippen LogP contribution in [0.1, 0.15) is 68.4 Å². The Morgan fingerprint density at radius 3 is 1.93 bits per heavy atom. The lowest BCUT2D eigenvalue weighted by Crippen LogP contribution is -2.31. The maximum absolute atomic E-state index is 13.3. The van der Waals surface area contributed by atoms with Crippen molar-refractivity contribution < 1.29 is 24.5 Å². The van der Waals surface area contributed by atoms with Crippen LogP contribution in [0.4, 0.5) is 0 Å². The van der Waals surface area contributed by atoms with E-state index in [0.29, 0.717) is 12.2 Å².